The van der Waals surface area contributed by atoms with Gasteiger partial charge in [-0.25, -0.2) is 9.97 Å². The molecule has 11 nitrogen and oxygen atoms in total. The largest absolute Gasteiger partial charge is 0.307 e. The van der Waals surface area contributed by atoms with E-state index in [1.54, 1.807) is 0 Å². The van der Waals surface area contributed by atoms with Gasteiger partial charge in [0.1, 0.15) is 0 Å². The number of piperazine rings is 1. The third kappa shape index (κ3) is 5.36. The molecule has 1 saturated heterocycles. The Bertz CT molecular complexity index is 1860. The summed E-state index contributed by atoms with van der Waals surface area (Å²) in [5.41, 5.74) is 6.36. The zero-order chi connectivity index (χ0) is 28.6. The van der Waals surface area contributed by atoms with E-state index in [1.807, 2.05) is 71.1 Å². The highest BCUT2D eigenvalue weighted by Gasteiger charge is 2.17. The summed E-state index contributed by atoms with van der Waals surface area (Å²) in [5.74, 6) is 1.26. The van der Waals surface area contributed by atoms with Gasteiger partial charge in [0.2, 0.25) is 5.95 Å². The van der Waals surface area contributed by atoms with Crippen molar-refractivity contribution in [2.45, 2.75) is 13.0 Å². The number of anilines is 2. The van der Waals surface area contributed by atoms with Crippen molar-refractivity contribution in [1.82, 2.24) is 49.1 Å². The summed E-state index contributed by atoms with van der Waals surface area (Å²) < 4.78 is 5.78. The highest BCUT2D eigenvalue weighted by Crippen LogP contribution is 2.30. The van der Waals surface area contributed by atoms with Gasteiger partial charge in [-0.3, -0.25) is 18.9 Å². The molecule has 0 saturated carbocycles. The summed E-state index contributed by atoms with van der Waals surface area (Å²) in [6.45, 7) is 6.30. The van der Waals surface area contributed by atoms with Crippen LogP contribution in [0.5, 0.6) is 0 Å². The molecule has 5 heterocycles. The molecule has 214 valence electrons. The molecule has 0 spiro atoms. The van der Waals surface area contributed by atoms with Crippen molar-refractivity contribution in [3.05, 3.63) is 78.5 Å². The Kier molecular flexibility index (Phi) is 6.88. The number of nitrogens with zero attached hydrogens (tertiary/aromatic N) is 10. The smallest absolute Gasteiger partial charge is 0.228 e. The minimum Gasteiger partial charge on any atom is -0.307 e. The predicted molar refractivity (Wildman–Crippen MR) is 165 cm³/mol. The molecule has 0 atom stereocenters. The molecule has 1 fully saturated rings. The van der Waals surface area contributed by atoms with Gasteiger partial charge in [-0.1, -0.05) is 24.3 Å². The van der Waals surface area contributed by atoms with Crippen LogP contribution in [0, 0.1) is 0 Å². The molecule has 7 rings (SSSR count). The second-order valence-electron chi connectivity index (χ2n) is 11.2. The summed E-state index contributed by atoms with van der Waals surface area (Å²) in [4.78, 5) is 14.4. The first-order valence-electron chi connectivity index (χ1n) is 14.4. The standard InChI is InChI=1S/C31H35N11/c1-38-11-13-41(14-12-38)15-16-42-10-9-28(37-42)34-31-32-19-24-7-8-26-29(30(24)35-31)27(40(3)36-26)18-22-5-4-6-23(17-22)25-20-33-39(2)21-25/h4-10,17,19-21H,11-16,18H2,1-3H3,(H,32,34,35,37). The van der Waals surface area contributed by atoms with Gasteiger partial charge in [-0.2, -0.15) is 15.3 Å². The average Bonchev–Trinajstić information content (AvgIpc) is 3.72. The van der Waals surface area contributed by atoms with Gasteiger partial charge in [0.25, 0.3) is 0 Å². The molecule has 1 aliphatic rings. The fraction of sp³-hybridized carbons (Fsp3) is 0.323. The van der Waals surface area contributed by atoms with Crippen molar-refractivity contribution in [3.8, 4) is 11.1 Å². The number of benzene rings is 2. The number of nitrogens with one attached hydrogen (secondary N) is 1. The first-order chi connectivity index (χ1) is 20.5. The van der Waals surface area contributed by atoms with E-state index in [2.05, 4.69) is 56.5 Å². The number of aromatic nitrogens is 8. The molecule has 6 aromatic rings. The van der Waals surface area contributed by atoms with Crippen molar-refractivity contribution < 1.29 is 0 Å². The molecule has 42 heavy (non-hydrogen) atoms. The summed E-state index contributed by atoms with van der Waals surface area (Å²) >= 11 is 0. The van der Waals surface area contributed by atoms with Gasteiger partial charge in [-0.15, -0.1) is 0 Å². The summed E-state index contributed by atoms with van der Waals surface area (Å²) in [5, 5.41) is 19.2. The molecule has 4 aromatic heterocycles. The molecule has 0 bridgehead atoms. The Morgan fingerprint density at radius 3 is 2.60 bits per heavy atom. The van der Waals surface area contributed by atoms with Crippen molar-refractivity contribution in [3.63, 3.8) is 0 Å². The zero-order valence-corrected chi connectivity index (χ0v) is 24.3. The number of hydrogen-bond acceptors (Lipinski definition) is 8. The van der Waals surface area contributed by atoms with Crippen molar-refractivity contribution in [2.75, 3.05) is 45.1 Å². The lowest BCUT2D eigenvalue weighted by Gasteiger charge is -2.32. The fourth-order valence-electron chi connectivity index (χ4n) is 5.71. The number of aryl methyl sites for hydroxylation is 2. The molecular weight excluding hydrogens is 526 g/mol. The van der Waals surface area contributed by atoms with Gasteiger partial charge < -0.3 is 10.2 Å². The van der Waals surface area contributed by atoms with Crippen LogP contribution in [-0.2, 0) is 27.1 Å². The maximum Gasteiger partial charge on any atom is 0.228 e. The normalized spacial score (nSPS) is 14.7. The Labute approximate surface area is 244 Å². The molecule has 2 aromatic carbocycles. The Hall–Kier alpha value is -4.61. The minimum atomic E-state index is 0.521. The van der Waals surface area contributed by atoms with Gasteiger partial charge in [0.05, 0.1) is 29.5 Å². The topological polar surface area (TPSA) is 97.8 Å². The molecule has 0 amide bonds. The third-order valence-electron chi connectivity index (χ3n) is 8.13. The van der Waals surface area contributed by atoms with Crippen LogP contribution < -0.4 is 5.32 Å². The summed E-state index contributed by atoms with van der Waals surface area (Å²) in [6.07, 6.45) is 8.54. The van der Waals surface area contributed by atoms with Crippen LogP contribution in [0.15, 0.2) is 67.3 Å². The van der Waals surface area contributed by atoms with E-state index in [0.717, 1.165) is 90.1 Å². The second-order valence-corrected chi connectivity index (χ2v) is 11.2. The van der Waals surface area contributed by atoms with Gasteiger partial charge in [0.15, 0.2) is 5.82 Å². The van der Waals surface area contributed by atoms with Crippen LogP contribution in [-0.4, -0.2) is 88.9 Å². The van der Waals surface area contributed by atoms with Crippen LogP contribution in [0.2, 0.25) is 0 Å². The molecule has 11 heteroatoms. The van der Waals surface area contributed by atoms with E-state index in [4.69, 9.17) is 15.2 Å². The second kappa shape index (κ2) is 11.0. The highest BCUT2D eigenvalue weighted by atomic mass is 15.3. The van der Waals surface area contributed by atoms with Crippen LogP contribution in [0.25, 0.3) is 32.9 Å². The van der Waals surface area contributed by atoms with Gasteiger partial charge in [-0.05, 0) is 30.3 Å². The molecule has 1 aliphatic heterocycles. The number of fused-ring (bicyclic) bond motifs is 3. The monoisotopic (exact) mass is 561 g/mol. The fourth-order valence-corrected chi connectivity index (χ4v) is 5.71. The Balaban J connectivity index is 1.14. The maximum atomic E-state index is 4.97. The average molecular weight is 562 g/mol. The lowest BCUT2D eigenvalue weighted by Crippen LogP contribution is -2.45. The first kappa shape index (κ1) is 26.3. The van der Waals surface area contributed by atoms with E-state index in [1.165, 1.54) is 5.56 Å². The number of rotatable bonds is 8. The zero-order valence-electron chi connectivity index (χ0n) is 24.3. The number of likely N-dealkylation sites (N-methyl/N-ethyl adjacent to an activating group) is 1. The minimum absolute atomic E-state index is 0.521. The predicted octanol–water partition coefficient (Wildman–Crippen LogP) is 3.70. The van der Waals surface area contributed by atoms with Crippen LogP contribution >= 0.6 is 0 Å². The summed E-state index contributed by atoms with van der Waals surface area (Å²) in [6, 6.07) is 14.7. The molecule has 0 radical (unpaired) electrons. The van der Waals surface area contributed by atoms with Crippen molar-refractivity contribution in [2.24, 2.45) is 14.1 Å². The van der Waals surface area contributed by atoms with Crippen LogP contribution in [0.1, 0.15) is 11.3 Å². The number of hydrogen-bond donors (Lipinski definition) is 1. The summed E-state index contributed by atoms with van der Waals surface area (Å²) in [7, 11) is 6.12. The SMILES string of the molecule is CN1CCN(CCn2ccc(Nc3ncc4ccc5nn(C)c(Cc6cccc(-c7cnn(C)c7)c6)c5c4n3)n2)CC1. The van der Waals surface area contributed by atoms with E-state index < -0.39 is 0 Å². The van der Waals surface area contributed by atoms with Crippen LogP contribution in [0.3, 0.4) is 0 Å². The van der Waals surface area contributed by atoms with E-state index in [-0.39, 0.29) is 0 Å². The van der Waals surface area contributed by atoms with Gasteiger partial charge >= 0.3 is 0 Å². The maximum absolute atomic E-state index is 4.97. The lowest BCUT2D eigenvalue weighted by molar-refractivity contribution is 0.149. The quantitative estimate of drug-likeness (QED) is 0.301. The molecule has 0 unspecified atom stereocenters. The van der Waals surface area contributed by atoms with E-state index in [9.17, 15) is 0 Å². The first-order valence-corrected chi connectivity index (χ1v) is 14.4. The Morgan fingerprint density at radius 2 is 1.76 bits per heavy atom. The van der Waals surface area contributed by atoms with Crippen molar-refractivity contribution >= 4 is 33.6 Å². The van der Waals surface area contributed by atoms with E-state index >= 15 is 0 Å². The lowest BCUT2D eigenvalue weighted by atomic mass is 10.0. The third-order valence-corrected chi connectivity index (χ3v) is 8.13. The molecule has 0 aliphatic carbocycles. The van der Waals surface area contributed by atoms with Crippen molar-refractivity contribution in [1.29, 1.82) is 0 Å². The van der Waals surface area contributed by atoms with Gasteiger partial charge in [0, 0.05) is 94.2 Å². The molecule has 1 N–H and O–H groups in total. The van der Waals surface area contributed by atoms with E-state index in [0.29, 0.717) is 5.95 Å². The Morgan fingerprint density at radius 1 is 0.881 bits per heavy atom. The van der Waals surface area contributed by atoms with Crippen LogP contribution in [0.4, 0.5) is 11.8 Å². The highest BCUT2D eigenvalue weighted by molar-refractivity contribution is 6.05. The molecular formula is C31H35N11.